The molecule has 0 amide bonds. The van der Waals surface area contributed by atoms with Gasteiger partial charge >= 0.3 is 5.97 Å². The lowest BCUT2D eigenvalue weighted by Crippen LogP contribution is -2.30. The molecule has 3 nitrogen and oxygen atoms in total. The fourth-order valence-electron chi connectivity index (χ4n) is 4.05. The van der Waals surface area contributed by atoms with Gasteiger partial charge in [-0.1, -0.05) is 53.6 Å². The third kappa shape index (κ3) is 2.31. The summed E-state index contributed by atoms with van der Waals surface area (Å²) < 4.78 is 0. The van der Waals surface area contributed by atoms with Crippen molar-refractivity contribution in [2.75, 3.05) is 5.32 Å². The van der Waals surface area contributed by atoms with E-state index in [1.165, 1.54) is 11.1 Å². The van der Waals surface area contributed by atoms with E-state index in [4.69, 9.17) is 11.6 Å². The van der Waals surface area contributed by atoms with Crippen molar-refractivity contribution in [1.29, 1.82) is 0 Å². The minimum Gasteiger partial charge on any atom is -0.478 e. The van der Waals surface area contributed by atoms with Crippen molar-refractivity contribution in [2.24, 2.45) is 5.92 Å². The van der Waals surface area contributed by atoms with Crippen LogP contribution < -0.4 is 5.32 Å². The predicted octanol–water partition coefficient (Wildman–Crippen LogP) is 5.17. The van der Waals surface area contributed by atoms with Crippen LogP contribution in [0.4, 0.5) is 5.69 Å². The second kappa shape index (κ2) is 5.67. The van der Waals surface area contributed by atoms with Crippen LogP contribution in [0.1, 0.15) is 45.4 Å². The van der Waals surface area contributed by atoms with Gasteiger partial charge in [0.05, 0.1) is 22.3 Å². The number of benzene rings is 2. The molecule has 1 aliphatic heterocycles. The second-order valence-corrected chi connectivity index (χ2v) is 6.99. The fourth-order valence-corrected chi connectivity index (χ4v) is 4.27. The Morgan fingerprint density at radius 2 is 2.12 bits per heavy atom. The molecule has 0 fully saturated rings. The van der Waals surface area contributed by atoms with Crippen LogP contribution in [0.5, 0.6) is 0 Å². The quantitative estimate of drug-likeness (QED) is 0.742. The Labute approximate surface area is 146 Å². The lowest BCUT2D eigenvalue weighted by molar-refractivity contribution is 0.0695. The van der Waals surface area contributed by atoms with Crippen molar-refractivity contribution < 1.29 is 9.90 Å². The summed E-state index contributed by atoms with van der Waals surface area (Å²) in [6.45, 7) is 2.08. The van der Waals surface area contributed by atoms with Crippen LogP contribution in [0.3, 0.4) is 0 Å². The van der Waals surface area contributed by atoms with E-state index in [0.717, 1.165) is 17.7 Å². The van der Waals surface area contributed by atoms with Gasteiger partial charge in [0.15, 0.2) is 0 Å². The van der Waals surface area contributed by atoms with Gasteiger partial charge in [-0.2, -0.15) is 0 Å². The molecule has 3 atom stereocenters. The van der Waals surface area contributed by atoms with Gasteiger partial charge in [-0.25, -0.2) is 4.79 Å². The summed E-state index contributed by atoms with van der Waals surface area (Å²) in [5.41, 5.74) is 4.35. The van der Waals surface area contributed by atoms with Gasteiger partial charge in [-0.15, -0.1) is 0 Å². The Morgan fingerprint density at radius 3 is 2.88 bits per heavy atom. The highest BCUT2D eigenvalue weighted by atomic mass is 35.5. The average Bonchev–Trinajstić information content (AvgIpc) is 3.04. The monoisotopic (exact) mass is 339 g/mol. The van der Waals surface area contributed by atoms with E-state index in [1.807, 2.05) is 0 Å². The maximum Gasteiger partial charge on any atom is 0.336 e. The van der Waals surface area contributed by atoms with Gasteiger partial charge in [-0.3, -0.25) is 0 Å². The first kappa shape index (κ1) is 15.3. The zero-order chi connectivity index (χ0) is 16.8. The molecule has 2 unspecified atom stereocenters. The number of hydrogen-bond acceptors (Lipinski definition) is 2. The number of aromatic carboxylic acids is 1. The standard InChI is InChI=1S/C20H18ClNO2/c1-11-4-2-5-12(10-11)18-14-7-3-6-13(14)17-15(20(23)24)8-9-16(21)19(17)22-18/h2-6,8-10,13-14,18,22H,7H2,1H3,(H,23,24)/t13?,14?,18-/m1/s1. The third-order valence-corrected chi connectivity index (χ3v) is 5.42. The molecule has 4 heteroatoms. The topological polar surface area (TPSA) is 49.3 Å². The smallest absolute Gasteiger partial charge is 0.336 e. The molecule has 4 rings (SSSR count). The van der Waals surface area contributed by atoms with Crippen molar-refractivity contribution in [3.63, 3.8) is 0 Å². The number of anilines is 1. The molecule has 1 heterocycles. The highest BCUT2D eigenvalue weighted by molar-refractivity contribution is 6.33. The minimum absolute atomic E-state index is 0.0802. The van der Waals surface area contributed by atoms with Crippen molar-refractivity contribution in [1.82, 2.24) is 0 Å². The first-order valence-electron chi connectivity index (χ1n) is 8.11. The molecule has 2 aromatic rings. The van der Waals surface area contributed by atoms with Crippen molar-refractivity contribution >= 4 is 23.3 Å². The van der Waals surface area contributed by atoms with Crippen LogP contribution in [-0.2, 0) is 0 Å². The van der Waals surface area contributed by atoms with E-state index < -0.39 is 5.97 Å². The minimum atomic E-state index is -0.905. The molecule has 122 valence electrons. The molecule has 0 spiro atoms. The molecule has 0 saturated heterocycles. The number of rotatable bonds is 2. The second-order valence-electron chi connectivity index (χ2n) is 6.58. The lowest BCUT2D eigenvalue weighted by atomic mass is 9.75. The Bertz CT molecular complexity index is 859. The molecule has 1 aliphatic carbocycles. The number of carbonyl (C=O) groups is 1. The third-order valence-electron chi connectivity index (χ3n) is 5.10. The molecule has 2 aromatic carbocycles. The zero-order valence-electron chi connectivity index (χ0n) is 13.3. The summed E-state index contributed by atoms with van der Waals surface area (Å²) in [5.74, 6) is -0.523. The summed E-state index contributed by atoms with van der Waals surface area (Å²) in [5, 5.41) is 13.7. The number of hydrogen-bond donors (Lipinski definition) is 2. The number of carboxylic acid groups (broad SMARTS) is 1. The largest absolute Gasteiger partial charge is 0.478 e. The Hall–Kier alpha value is -2.26. The van der Waals surface area contributed by atoms with E-state index in [-0.39, 0.29) is 12.0 Å². The van der Waals surface area contributed by atoms with E-state index in [2.05, 4.69) is 48.7 Å². The number of fused-ring (bicyclic) bond motifs is 3. The summed E-state index contributed by atoms with van der Waals surface area (Å²) in [4.78, 5) is 11.7. The molecule has 0 bridgehead atoms. The van der Waals surface area contributed by atoms with Gasteiger partial charge in [0.25, 0.3) is 0 Å². The van der Waals surface area contributed by atoms with Gasteiger partial charge in [-0.05, 0) is 42.5 Å². The van der Waals surface area contributed by atoms with Crippen molar-refractivity contribution in [3.8, 4) is 0 Å². The van der Waals surface area contributed by atoms with Crippen LogP contribution in [-0.4, -0.2) is 11.1 Å². The zero-order valence-corrected chi connectivity index (χ0v) is 14.0. The maximum atomic E-state index is 11.7. The van der Waals surface area contributed by atoms with Gasteiger partial charge in [0, 0.05) is 5.92 Å². The molecular formula is C20H18ClNO2. The number of nitrogens with one attached hydrogen (secondary N) is 1. The number of allylic oxidation sites excluding steroid dienone is 2. The maximum absolute atomic E-state index is 11.7. The van der Waals surface area contributed by atoms with Crippen LogP contribution in [0.2, 0.25) is 5.02 Å². The number of carboxylic acids is 1. The van der Waals surface area contributed by atoms with Crippen LogP contribution in [0.25, 0.3) is 0 Å². The van der Waals surface area contributed by atoms with Gasteiger partial charge < -0.3 is 10.4 Å². The van der Waals surface area contributed by atoms with Crippen LogP contribution >= 0.6 is 11.6 Å². The number of aryl methyl sites for hydroxylation is 1. The summed E-state index contributed by atoms with van der Waals surface area (Å²) >= 11 is 6.41. The first-order valence-corrected chi connectivity index (χ1v) is 8.49. The summed E-state index contributed by atoms with van der Waals surface area (Å²) in [6.07, 6.45) is 5.22. The lowest BCUT2D eigenvalue weighted by Gasteiger charge is -2.38. The van der Waals surface area contributed by atoms with E-state index >= 15 is 0 Å². The molecule has 24 heavy (non-hydrogen) atoms. The summed E-state index contributed by atoms with van der Waals surface area (Å²) in [7, 11) is 0. The van der Waals surface area contributed by atoms with E-state index in [1.54, 1.807) is 12.1 Å². The van der Waals surface area contributed by atoms with Crippen LogP contribution in [0, 0.1) is 12.8 Å². The fraction of sp³-hybridized carbons (Fsp3) is 0.250. The Morgan fingerprint density at radius 1 is 1.29 bits per heavy atom. The summed E-state index contributed by atoms with van der Waals surface area (Å²) in [6, 6.07) is 11.9. The molecule has 0 saturated carbocycles. The number of halogens is 1. The van der Waals surface area contributed by atoms with Gasteiger partial charge in [0.2, 0.25) is 0 Å². The predicted molar refractivity (Wildman–Crippen MR) is 95.9 cm³/mol. The normalized spacial score (nSPS) is 24.2. The molecule has 0 radical (unpaired) electrons. The van der Waals surface area contributed by atoms with Gasteiger partial charge in [0.1, 0.15) is 0 Å². The molecule has 2 aliphatic rings. The van der Waals surface area contributed by atoms with Crippen molar-refractivity contribution in [2.45, 2.75) is 25.3 Å². The SMILES string of the molecule is Cc1cccc([C@H]2Nc3c(Cl)ccc(C(=O)O)c3C3C=CCC32)c1. The highest BCUT2D eigenvalue weighted by Crippen LogP contribution is 2.52. The van der Waals surface area contributed by atoms with Crippen molar-refractivity contribution in [3.05, 3.63) is 75.8 Å². The highest BCUT2D eigenvalue weighted by Gasteiger charge is 2.40. The van der Waals surface area contributed by atoms with Crippen LogP contribution in [0.15, 0.2) is 48.6 Å². The Balaban J connectivity index is 1.88. The molecular weight excluding hydrogens is 322 g/mol. The van der Waals surface area contributed by atoms with E-state index in [0.29, 0.717) is 16.5 Å². The molecule has 2 N–H and O–H groups in total. The first-order chi connectivity index (χ1) is 11.6. The average molecular weight is 340 g/mol. The Kier molecular flexibility index (Phi) is 3.61. The molecule has 0 aromatic heterocycles. The van der Waals surface area contributed by atoms with E-state index in [9.17, 15) is 9.90 Å².